The molecular formula is C17H25N3O3. The Hall–Kier alpha value is -1.85. The third kappa shape index (κ3) is 2.26. The number of carboxylic acids is 1. The minimum Gasteiger partial charge on any atom is -0.481 e. The monoisotopic (exact) mass is 319 g/mol. The second-order valence-corrected chi connectivity index (χ2v) is 7.20. The quantitative estimate of drug-likeness (QED) is 0.922. The number of nitrogens with zero attached hydrogens (tertiary/aromatic N) is 3. The summed E-state index contributed by atoms with van der Waals surface area (Å²) in [6, 6.07) is 0. The zero-order chi connectivity index (χ0) is 16.9. The molecule has 1 saturated heterocycles. The Morgan fingerprint density at radius 1 is 1.39 bits per heavy atom. The Morgan fingerprint density at radius 3 is 2.61 bits per heavy atom. The van der Waals surface area contributed by atoms with Crippen LogP contribution >= 0.6 is 0 Å². The molecule has 23 heavy (non-hydrogen) atoms. The number of aromatic nitrogens is 2. The molecule has 3 rings (SSSR count). The van der Waals surface area contributed by atoms with Crippen LogP contribution in [0.25, 0.3) is 0 Å². The van der Waals surface area contributed by atoms with Gasteiger partial charge in [0.2, 0.25) is 5.91 Å². The summed E-state index contributed by atoms with van der Waals surface area (Å²) in [6.07, 6.45) is 2.56. The van der Waals surface area contributed by atoms with Crippen LogP contribution in [-0.4, -0.2) is 44.8 Å². The topological polar surface area (TPSA) is 75.4 Å². The van der Waals surface area contributed by atoms with E-state index in [1.165, 1.54) is 0 Å². The molecule has 0 aromatic carbocycles. The van der Waals surface area contributed by atoms with E-state index in [-0.39, 0.29) is 17.7 Å². The molecule has 0 spiro atoms. The van der Waals surface area contributed by atoms with E-state index in [1.807, 2.05) is 27.8 Å². The third-order valence-electron chi connectivity index (χ3n) is 5.98. The summed E-state index contributed by atoms with van der Waals surface area (Å²) >= 11 is 0. The summed E-state index contributed by atoms with van der Waals surface area (Å²) in [7, 11) is 1.88. The summed E-state index contributed by atoms with van der Waals surface area (Å²) in [5, 5.41) is 14.1. The van der Waals surface area contributed by atoms with Crippen molar-refractivity contribution in [3.63, 3.8) is 0 Å². The minimum atomic E-state index is -0.739. The van der Waals surface area contributed by atoms with E-state index < -0.39 is 11.4 Å². The highest BCUT2D eigenvalue weighted by molar-refractivity contribution is 5.86. The number of amides is 1. The predicted molar refractivity (Wildman–Crippen MR) is 85.1 cm³/mol. The van der Waals surface area contributed by atoms with Gasteiger partial charge in [0.1, 0.15) is 0 Å². The molecule has 1 aliphatic heterocycles. The first-order chi connectivity index (χ1) is 10.8. The lowest BCUT2D eigenvalue weighted by Gasteiger charge is -2.25. The van der Waals surface area contributed by atoms with Gasteiger partial charge in [-0.15, -0.1) is 0 Å². The van der Waals surface area contributed by atoms with Crippen molar-refractivity contribution in [1.29, 1.82) is 0 Å². The number of rotatable bonds is 3. The summed E-state index contributed by atoms with van der Waals surface area (Å²) in [6.45, 7) is 6.73. The average molecular weight is 319 g/mol. The van der Waals surface area contributed by atoms with E-state index >= 15 is 0 Å². The molecule has 1 N–H and O–H groups in total. The van der Waals surface area contributed by atoms with Crippen molar-refractivity contribution in [2.75, 3.05) is 13.1 Å². The van der Waals surface area contributed by atoms with Crippen LogP contribution < -0.4 is 0 Å². The van der Waals surface area contributed by atoms with Crippen LogP contribution in [0, 0.1) is 25.2 Å². The normalized spacial score (nSPS) is 28.0. The zero-order valence-corrected chi connectivity index (χ0v) is 14.3. The van der Waals surface area contributed by atoms with Crippen LogP contribution in [0.2, 0.25) is 0 Å². The lowest BCUT2D eigenvalue weighted by atomic mass is 9.81. The Bertz CT molecular complexity index is 666. The standard InChI is InChI=1S/C17H25N3O3/c1-10(14-11(2)18-19(4)12(14)3)15(21)20-8-13-6-5-7-17(13,9-20)16(22)23/h10,13H,5-9H2,1-4H3,(H,22,23)/t10?,13-,17+/m0/s1. The first kappa shape index (κ1) is 16.0. The average Bonchev–Trinajstić information content (AvgIpc) is 3.10. The van der Waals surface area contributed by atoms with Crippen LogP contribution in [0.5, 0.6) is 0 Å². The number of hydrogen-bond donors (Lipinski definition) is 1. The second-order valence-electron chi connectivity index (χ2n) is 7.20. The smallest absolute Gasteiger partial charge is 0.311 e. The molecule has 6 heteroatoms. The second kappa shape index (κ2) is 5.35. The number of hydrogen-bond acceptors (Lipinski definition) is 3. The van der Waals surface area contributed by atoms with Crippen LogP contribution in [-0.2, 0) is 16.6 Å². The van der Waals surface area contributed by atoms with Gasteiger partial charge in [0, 0.05) is 31.4 Å². The van der Waals surface area contributed by atoms with Gasteiger partial charge in [0.25, 0.3) is 0 Å². The van der Waals surface area contributed by atoms with E-state index in [0.29, 0.717) is 19.5 Å². The maximum absolute atomic E-state index is 13.0. The molecule has 1 aliphatic carbocycles. The highest BCUT2D eigenvalue weighted by Crippen LogP contribution is 2.49. The molecule has 1 aromatic rings. The molecule has 126 valence electrons. The molecule has 2 fully saturated rings. The van der Waals surface area contributed by atoms with Gasteiger partial charge in [0.05, 0.1) is 17.0 Å². The molecule has 1 saturated carbocycles. The van der Waals surface area contributed by atoms with Gasteiger partial charge in [-0.2, -0.15) is 5.10 Å². The number of carbonyl (C=O) groups is 2. The van der Waals surface area contributed by atoms with Crippen LogP contribution in [0.1, 0.15) is 49.1 Å². The maximum Gasteiger partial charge on any atom is 0.311 e. The lowest BCUT2D eigenvalue weighted by molar-refractivity contribution is -0.149. The minimum absolute atomic E-state index is 0.0271. The maximum atomic E-state index is 13.0. The van der Waals surface area contributed by atoms with Crippen LogP contribution in [0.4, 0.5) is 0 Å². The zero-order valence-electron chi connectivity index (χ0n) is 14.3. The lowest BCUT2D eigenvalue weighted by Crippen LogP contribution is -2.38. The summed E-state index contributed by atoms with van der Waals surface area (Å²) in [5.74, 6) is -0.892. The van der Waals surface area contributed by atoms with Crippen molar-refractivity contribution in [3.05, 3.63) is 17.0 Å². The molecule has 2 heterocycles. The number of carbonyl (C=O) groups excluding carboxylic acids is 1. The van der Waals surface area contributed by atoms with Gasteiger partial charge < -0.3 is 10.0 Å². The summed E-state index contributed by atoms with van der Waals surface area (Å²) in [5.41, 5.74) is 2.13. The summed E-state index contributed by atoms with van der Waals surface area (Å²) in [4.78, 5) is 26.5. The van der Waals surface area contributed by atoms with Crippen LogP contribution in [0.15, 0.2) is 0 Å². The number of aryl methyl sites for hydroxylation is 2. The fourth-order valence-corrected chi connectivity index (χ4v) is 4.62. The Balaban J connectivity index is 1.83. The van der Waals surface area contributed by atoms with Crippen molar-refractivity contribution < 1.29 is 14.7 Å². The van der Waals surface area contributed by atoms with Gasteiger partial charge in [-0.05, 0) is 39.5 Å². The Kier molecular flexibility index (Phi) is 3.73. The van der Waals surface area contributed by atoms with Crippen LogP contribution in [0.3, 0.4) is 0 Å². The highest BCUT2D eigenvalue weighted by Gasteiger charge is 2.56. The van der Waals surface area contributed by atoms with Gasteiger partial charge in [0.15, 0.2) is 0 Å². The third-order valence-corrected chi connectivity index (χ3v) is 5.98. The largest absolute Gasteiger partial charge is 0.481 e. The first-order valence-corrected chi connectivity index (χ1v) is 8.30. The molecule has 0 radical (unpaired) electrons. The number of aliphatic carboxylic acids is 1. The Morgan fingerprint density at radius 2 is 2.09 bits per heavy atom. The highest BCUT2D eigenvalue weighted by atomic mass is 16.4. The van der Waals surface area contributed by atoms with Crippen molar-refractivity contribution in [2.45, 2.75) is 46.0 Å². The van der Waals surface area contributed by atoms with Gasteiger partial charge >= 0.3 is 5.97 Å². The van der Waals surface area contributed by atoms with Gasteiger partial charge in [-0.25, -0.2) is 0 Å². The molecule has 1 aromatic heterocycles. The van der Waals surface area contributed by atoms with Crippen molar-refractivity contribution in [1.82, 2.24) is 14.7 Å². The van der Waals surface area contributed by atoms with E-state index in [0.717, 1.165) is 29.8 Å². The van der Waals surface area contributed by atoms with Crippen molar-refractivity contribution in [3.8, 4) is 0 Å². The molecule has 3 atom stereocenters. The Labute approximate surface area is 136 Å². The van der Waals surface area contributed by atoms with Gasteiger partial charge in [-0.3, -0.25) is 14.3 Å². The fourth-order valence-electron chi connectivity index (χ4n) is 4.62. The van der Waals surface area contributed by atoms with Crippen molar-refractivity contribution >= 4 is 11.9 Å². The molecule has 0 bridgehead atoms. The molecular weight excluding hydrogens is 294 g/mol. The number of likely N-dealkylation sites (tertiary alicyclic amines) is 1. The molecule has 1 unspecified atom stereocenters. The number of carboxylic acid groups (broad SMARTS) is 1. The molecule has 1 amide bonds. The first-order valence-electron chi connectivity index (χ1n) is 8.30. The van der Waals surface area contributed by atoms with E-state index in [9.17, 15) is 14.7 Å². The van der Waals surface area contributed by atoms with E-state index in [4.69, 9.17) is 0 Å². The molecule has 2 aliphatic rings. The van der Waals surface area contributed by atoms with E-state index in [2.05, 4.69) is 5.10 Å². The van der Waals surface area contributed by atoms with Crippen molar-refractivity contribution in [2.24, 2.45) is 18.4 Å². The molecule has 6 nitrogen and oxygen atoms in total. The predicted octanol–water partition coefficient (Wildman–Crippen LogP) is 1.85. The fraction of sp³-hybridized carbons (Fsp3) is 0.706. The SMILES string of the molecule is Cc1nn(C)c(C)c1C(C)C(=O)N1C[C@@H]2CCC[C@@]2(C(=O)O)C1. The van der Waals surface area contributed by atoms with E-state index in [1.54, 1.807) is 9.58 Å². The van der Waals surface area contributed by atoms with Gasteiger partial charge in [-0.1, -0.05) is 6.42 Å². The number of fused-ring (bicyclic) bond motifs is 1. The summed E-state index contributed by atoms with van der Waals surface area (Å²) < 4.78 is 1.80.